The first-order valence-corrected chi connectivity index (χ1v) is 10.7. The zero-order valence-electron chi connectivity index (χ0n) is 17.6. The van der Waals surface area contributed by atoms with Crippen LogP contribution in [0.25, 0.3) is 10.9 Å². The van der Waals surface area contributed by atoms with E-state index in [4.69, 9.17) is 32.7 Å². The van der Waals surface area contributed by atoms with E-state index in [0.29, 0.717) is 16.5 Å². The van der Waals surface area contributed by atoms with E-state index in [2.05, 4.69) is 15.5 Å². The van der Waals surface area contributed by atoms with Crippen LogP contribution >= 0.6 is 23.2 Å². The number of para-hydroxylation sites is 1. The molecule has 0 fully saturated rings. The van der Waals surface area contributed by atoms with Gasteiger partial charge in [-0.1, -0.05) is 41.4 Å². The Morgan fingerprint density at radius 2 is 1.91 bits per heavy atom. The summed E-state index contributed by atoms with van der Waals surface area (Å²) in [4.78, 5) is 16.7. The van der Waals surface area contributed by atoms with Crippen molar-refractivity contribution in [2.75, 3.05) is 7.11 Å². The summed E-state index contributed by atoms with van der Waals surface area (Å²) in [6.07, 6.45) is 3.27. The monoisotopic (exact) mass is 479 g/mol. The van der Waals surface area contributed by atoms with Crippen molar-refractivity contribution in [1.82, 2.24) is 10.4 Å². The molecule has 0 spiro atoms. The first-order chi connectivity index (χ1) is 16.0. The molecule has 1 aromatic heterocycles. The molecule has 6 nitrogen and oxygen atoms in total. The maximum atomic E-state index is 12.3. The molecule has 0 atom stereocenters. The summed E-state index contributed by atoms with van der Waals surface area (Å²) >= 11 is 11.9. The fourth-order valence-corrected chi connectivity index (χ4v) is 3.73. The molecule has 3 aromatic carbocycles. The number of rotatable bonds is 7. The molecular weight excluding hydrogens is 461 g/mol. The molecule has 0 saturated carbocycles. The van der Waals surface area contributed by atoms with Gasteiger partial charge in [0.15, 0.2) is 0 Å². The lowest BCUT2D eigenvalue weighted by Crippen LogP contribution is -2.18. The number of aromatic nitrogens is 1. The van der Waals surface area contributed by atoms with Gasteiger partial charge in [-0.2, -0.15) is 5.10 Å². The lowest BCUT2D eigenvalue weighted by atomic mass is 10.1. The first-order valence-electron chi connectivity index (χ1n) is 9.97. The van der Waals surface area contributed by atoms with E-state index < -0.39 is 5.91 Å². The minimum Gasteiger partial charge on any atom is -0.496 e. The molecule has 0 saturated heterocycles. The van der Waals surface area contributed by atoms with Crippen molar-refractivity contribution < 1.29 is 14.3 Å². The average molecular weight is 480 g/mol. The number of amides is 1. The van der Waals surface area contributed by atoms with E-state index in [1.165, 1.54) is 12.3 Å². The Bertz CT molecular complexity index is 1340. The number of pyridine rings is 1. The lowest BCUT2D eigenvalue weighted by molar-refractivity contribution is 0.0955. The van der Waals surface area contributed by atoms with Crippen molar-refractivity contribution >= 4 is 46.2 Å². The van der Waals surface area contributed by atoms with Gasteiger partial charge >= 0.3 is 0 Å². The quantitative estimate of drug-likeness (QED) is 0.264. The third kappa shape index (κ3) is 5.42. The third-order valence-electron chi connectivity index (χ3n) is 4.84. The van der Waals surface area contributed by atoms with E-state index in [-0.39, 0.29) is 17.2 Å². The maximum absolute atomic E-state index is 12.3. The van der Waals surface area contributed by atoms with Crippen LogP contribution < -0.4 is 14.9 Å². The van der Waals surface area contributed by atoms with Gasteiger partial charge in [0.25, 0.3) is 5.91 Å². The standard InChI is InChI=1S/C25H19Cl2N3O3/c1-32-22-10-7-16(14-29-30-25(31)20-9-8-19(26)13-21(20)27)12-18(22)15-33-23-6-2-4-17-5-3-11-28-24(17)23/h2-14H,15H2,1H3,(H,30,31)/b29-14+. The number of methoxy groups -OCH3 is 1. The molecule has 0 bridgehead atoms. The molecule has 1 heterocycles. The number of nitrogens with zero attached hydrogens (tertiary/aromatic N) is 2. The summed E-state index contributed by atoms with van der Waals surface area (Å²) in [5.74, 6) is 0.923. The Hall–Kier alpha value is -3.61. The van der Waals surface area contributed by atoms with Crippen LogP contribution in [0.3, 0.4) is 0 Å². The molecule has 166 valence electrons. The van der Waals surface area contributed by atoms with Crippen molar-refractivity contribution in [3.63, 3.8) is 0 Å². The number of nitrogens with one attached hydrogen (secondary N) is 1. The molecule has 4 rings (SSSR count). The molecular formula is C25H19Cl2N3O3. The van der Waals surface area contributed by atoms with Crippen molar-refractivity contribution in [2.45, 2.75) is 6.61 Å². The number of hydrogen-bond acceptors (Lipinski definition) is 5. The van der Waals surface area contributed by atoms with Crippen molar-refractivity contribution in [1.29, 1.82) is 0 Å². The number of carbonyl (C=O) groups is 1. The molecule has 8 heteroatoms. The van der Waals surface area contributed by atoms with Crippen LogP contribution in [0.1, 0.15) is 21.5 Å². The van der Waals surface area contributed by atoms with E-state index in [1.54, 1.807) is 25.4 Å². The van der Waals surface area contributed by atoms with E-state index in [0.717, 1.165) is 22.0 Å². The predicted octanol–water partition coefficient (Wildman–Crippen LogP) is 5.89. The van der Waals surface area contributed by atoms with Crippen LogP contribution in [0.5, 0.6) is 11.5 Å². The van der Waals surface area contributed by atoms with Crippen molar-refractivity contribution in [2.24, 2.45) is 5.10 Å². The number of hydrazone groups is 1. The Labute approximate surface area is 200 Å². The largest absolute Gasteiger partial charge is 0.496 e. The van der Waals surface area contributed by atoms with Crippen molar-refractivity contribution in [3.05, 3.63) is 99.7 Å². The minimum absolute atomic E-state index is 0.252. The van der Waals surface area contributed by atoms with E-state index in [1.807, 2.05) is 48.5 Å². The van der Waals surface area contributed by atoms with E-state index in [9.17, 15) is 4.79 Å². The zero-order chi connectivity index (χ0) is 23.2. The number of benzene rings is 3. The number of hydrogen-bond donors (Lipinski definition) is 1. The fraction of sp³-hybridized carbons (Fsp3) is 0.0800. The lowest BCUT2D eigenvalue weighted by Gasteiger charge is -2.12. The predicted molar refractivity (Wildman–Crippen MR) is 131 cm³/mol. The fourth-order valence-electron chi connectivity index (χ4n) is 3.24. The smallest absolute Gasteiger partial charge is 0.272 e. The van der Waals surface area contributed by atoms with Gasteiger partial charge < -0.3 is 9.47 Å². The van der Waals surface area contributed by atoms with Gasteiger partial charge in [0, 0.05) is 22.2 Å². The summed E-state index contributed by atoms with van der Waals surface area (Å²) in [5, 5.41) is 5.73. The topological polar surface area (TPSA) is 72.8 Å². The second-order valence-electron chi connectivity index (χ2n) is 7.01. The van der Waals surface area contributed by atoms with Gasteiger partial charge in [0.1, 0.15) is 23.6 Å². The summed E-state index contributed by atoms with van der Waals surface area (Å²) in [5.41, 5.74) is 5.12. The van der Waals surface area contributed by atoms with Gasteiger partial charge in [-0.3, -0.25) is 9.78 Å². The Morgan fingerprint density at radius 3 is 2.73 bits per heavy atom. The van der Waals surface area contributed by atoms with Crippen LogP contribution in [0.2, 0.25) is 10.0 Å². The van der Waals surface area contributed by atoms with Gasteiger partial charge in [-0.05, 0) is 54.1 Å². The highest BCUT2D eigenvalue weighted by molar-refractivity contribution is 6.36. The summed E-state index contributed by atoms with van der Waals surface area (Å²) in [6, 6.07) is 19.8. The van der Waals surface area contributed by atoms with Crippen LogP contribution in [0, 0.1) is 0 Å². The highest BCUT2D eigenvalue weighted by atomic mass is 35.5. The maximum Gasteiger partial charge on any atom is 0.272 e. The Morgan fingerprint density at radius 1 is 1.06 bits per heavy atom. The highest BCUT2D eigenvalue weighted by Gasteiger charge is 2.10. The molecule has 0 aliphatic carbocycles. The van der Waals surface area contributed by atoms with Gasteiger partial charge in [-0.15, -0.1) is 0 Å². The van der Waals surface area contributed by atoms with Crippen LogP contribution in [-0.4, -0.2) is 24.2 Å². The Balaban J connectivity index is 1.47. The normalized spacial score (nSPS) is 11.0. The molecule has 1 N–H and O–H groups in total. The molecule has 0 aliphatic heterocycles. The summed E-state index contributed by atoms with van der Waals surface area (Å²) in [7, 11) is 1.60. The summed E-state index contributed by atoms with van der Waals surface area (Å²) in [6.45, 7) is 0.271. The zero-order valence-corrected chi connectivity index (χ0v) is 19.1. The van der Waals surface area contributed by atoms with Crippen LogP contribution in [0.15, 0.2) is 78.0 Å². The van der Waals surface area contributed by atoms with E-state index >= 15 is 0 Å². The number of halogens is 2. The molecule has 4 aromatic rings. The van der Waals surface area contributed by atoms with Crippen LogP contribution in [0.4, 0.5) is 0 Å². The molecule has 0 radical (unpaired) electrons. The second kappa shape index (κ2) is 10.3. The molecule has 1 amide bonds. The third-order valence-corrected chi connectivity index (χ3v) is 5.39. The van der Waals surface area contributed by atoms with Gasteiger partial charge in [0.2, 0.25) is 0 Å². The average Bonchev–Trinajstić information content (AvgIpc) is 2.82. The molecule has 0 unspecified atom stereocenters. The molecule has 33 heavy (non-hydrogen) atoms. The van der Waals surface area contributed by atoms with Crippen molar-refractivity contribution in [3.8, 4) is 11.5 Å². The van der Waals surface area contributed by atoms with Crippen LogP contribution in [-0.2, 0) is 6.61 Å². The highest BCUT2D eigenvalue weighted by Crippen LogP contribution is 2.26. The first kappa shape index (κ1) is 22.6. The van der Waals surface area contributed by atoms with Gasteiger partial charge in [0.05, 0.1) is 23.9 Å². The number of fused-ring (bicyclic) bond motifs is 1. The second-order valence-corrected chi connectivity index (χ2v) is 7.86. The SMILES string of the molecule is COc1ccc(/C=N/NC(=O)c2ccc(Cl)cc2Cl)cc1COc1cccc2cccnc12. The van der Waals surface area contributed by atoms with Gasteiger partial charge in [-0.25, -0.2) is 5.43 Å². The molecule has 0 aliphatic rings. The number of ether oxygens (including phenoxy) is 2. The summed E-state index contributed by atoms with van der Waals surface area (Å²) < 4.78 is 11.5. The minimum atomic E-state index is -0.437. The number of carbonyl (C=O) groups excluding carboxylic acids is 1. The Kier molecular flexibility index (Phi) is 7.07.